The van der Waals surface area contributed by atoms with E-state index >= 15 is 0 Å². The van der Waals surface area contributed by atoms with E-state index in [4.69, 9.17) is 0 Å². The summed E-state index contributed by atoms with van der Waals surface area (Å²) in [7, 11) is 0. The molecule has 0 unspecified atom stereocenters. The van der Waals surface area contributed by atoms with Crippen molar-refractivity contribution in [3.63, 3.8) is 0 Å². The highest BCUT2D eigenvalue weighted by Gasteiger charge is 2.10. The maximum Gasteiger partial charge on any atom is 0.142 e. The number of halogens is 1. The molecule has 0 radical (unpaired) electrons. The van der Waals surface area contributed by atoms with Crippen LogP contribution in [0.5, 0.6) is 0 Å². The molecule has 3 rings (SSSR count). The minimum atomic E-state index is 0.782. The number of anilines is 2. The van der Waals surface area contributed by atoms with Gasteiger partial charge in [-0.05, 0) is 60.5 Å². The number of aryl methyl sites for hydroxylation is 3. The maximum atomic E-state index is 4.54. The van der Waals surface area contributed by atoms with Gasteiger partial charge in [-0.3, -0.25) is 0 Å². The van der Waals surface area contributed by atoms with Crippen molar-refractivity contribution in [2.45, 2.75) is 20.8 Å². The first-order valence-electron chi connectivity index (χ1n) is 6.31. The van der Waals surface area contributed by atoms with Crippen LogP contribution in [0.25, 0.3) is 10.2 Å². The van der Waals surface area contributed by atoms with Gasteiger partial charge in [-0.15, -0.1) is 11.3 Å². The van der Waals surface area contributed by atoms with Crippen molar-refractivity contribution in [3.05, 3.63) is 45.0 Å². The van der Waals surface area contributed by atoms with Gasteiger partial charge in [-0.2, -0.15) is 0 Å². The Hall–Kier alpha value is -1.46. The minimum Gasteiger partial charge on any atom is -0.339 e. The van der Waals surface area contributed by atoms with Gasteiger partial charge in [-0.25, -0.2) is 9.97 Å². The fraction of sp³-hybridized carbons (Fsp3) is 0.200. The lowest BCUT2D eigenvalue weighted by molar-refractivity contribution is 1.10. The van der Waals surface area contributed by atoms with E-state index in [1.165, 1.54) is 10.4 Å². The predicted octanol–water partition coefficient (Wildman–Crippen LogP) is 5.12. The summed E-state index contributed by atoms with van der Waals surface area (Å²) >= 11 is 5.28. The molecule has 102 valence electrons. The van der Waals surface area contributed by atoms with Gasteiger partial charge in [0.2, 0.25) is 0 Å². The molecular formula is C15H14BrN3S. The zero-order valence-electron chi connectivity index (χ0n) is 11.5. The molecule has 1 aromatic carbocycles. The first kappa shape index (κ1) is 13.5. The zero-order chi connectivity index (χ0) is 14.3. The number of fused-ring (bicyclic) bond motifs is 1. The number of nitrogens with one attached hydrogen (secondary N) is 1. The monoisotopic (exact) mass is 347 g/mol. The number of thiophene rings is 1. The molecule has 20 heavy (non-hydrogen) atoms. The van der Waals surface area contributed by atoms with E-state index in [0.717, 1.165) is 32.0 Å². The van der Waals surface area contributed by atoms with Crippen LogP contribution >= 0.6 is 27.3 Å². The van der Waals surface area contributed by atoms with E-state index in [1.807, 2.05) is 6.92 Å². The third-order valence-electron chi connectivity index (χ3n) is 3.01. The quantitative estimate of drug-likeness (QED) is 0.698. The predicted molar refractivity (Wildman–Crippen MR) is 89.1 cm³/mol. The highest BCUT2D eigenvalue weighted by atomic mass is 79.9. The van der Waals surface area contributed by atoms with Crippen molar-refractivity contribution in [2.24, 2.45) is 0 Å². The lowest BCUT2D eigenvalue weighted by Gasteiger charge is -2.10. The van der Waals surface area contributed by atoms with Crippen LogP contribution in [-0.4, -0.2) is 9.97 Å². The zero-order valence-corrected chi connectivity index (χ0v) is 13.9. The fourth-order valence-electron chi connectivity index (χ4n) is 2.09. The fourth-order valence-corrected chi connectivity index (χ4v) is 3.61. The molecule has 0 aliphatic rings. The van der Waals surface area contributed by atoms with E-state index < -0.39 is 0 Å². The maximum absolute atomic E-state index is 4.54. The van der Waals surface area contributed by atoms with Crippen LogP contribution in [-0.2, 0) is 0 Å². The molecule has 2 heterocycles. The SMILES string of the molecule is Cc1ccc(Nc2nc(C)nc3sc(C)cc23)c(Br)c1. The third kappa shape index (κ3) is 2.55. The number of hydrogen-bond acceptors (Lipinski definition) is 4. The molecule has 0 aliphatic carbocycles. The van der Waals surface area contributed by atoms with Gasteiger partial charge in [0, 0.05) is 9.35 Å². The average molecular weight is 348 g/mol. The molecule has 0 fully saturated rings. The molecular weight excluding hydrogens is 334 g/mol. The van der Waals surface area contributed by atoms with Crippen molar-refractivity contribution in [2.75, 3.05) is 5.32 Å². The molecule has 0 aliphatic heterocycles. The standard InChI is InChI=1S/C15H14BrN3S/c1-8-4-5-13(12(16)6-8)19-14-11-7-9(2)20-15(11)18-10(3)17-14/h4-7H,1-3H3,(H,17,18,19). The van der Waals surface area contributed by atoms with E-state index in [1.54, 1.807) is 11.3 Å². The van der Waals surface area contributed by atoms with Gasteiger partial charge >= 0.3 is 0 Å². The highest BCUT2D eigenvalue weighted by Crippen LogP contribution is 2.32. The summed E-state index contributed by atoms with van der Waals surface area (Å²) in [4.78, 5) is 11.3. The number of benzene rings is 1. The Kier molecular flexibility index (Phi) is 3.48. The van der Waals surface area contributed by atoms with Gasteiger partial charge in [-0.1, -0.05) is 6.07 Å². The molecule has 0 saturated heterocycles. The van der Waals surface area contributed by atoms with Crippen molar-refractivity contribution in [3.8, 4) is 0 Å². The average Bonchev–Trinajstić information content (AvgIpc) is 2.73. The Labute approximate surface area is 130 Å². The molecule has 3 aromatic rings. The molecule has 0 spiro atoms. The molecule has 0 atom stereocenters. The second-order valence-corrected chi connectivity index (χ2v) is 6.89. The number of rotatable bonds is 2. The molecule has 1 N–H and O–H groups in total. The number of nitrogens with zero attached hydrogens (tertiary/aromatic N) is 2. The highest BCUT2D eigenvalue weighted by molar-refractivity contribution is 9.10. The summed E-state index contributed by atoms with van der Waals surface area (Å²) in [6.07, 6.45) is 0. The van der Waals surface area contributed by atoms with Gasteiger partial charge in [0.25, 0.3) is 0 Å². The van der Waals surface area contributed by atoms with Gasteiger partial charge in [0.15, 0.2) is 0 Å². The topological polar surface area (TPSA) is 37.8 Å². The first-order valence-corrected chi connectivity index (χ1v) is 7.92. The van der Waals surface area contributed by atoms with E-state index in [0.29, 0.717) is 0 Å². The molecule has 0 saturated carbocycles. The minimum absolute atomic E-state index is 0.782. The van der Waals surface area contributed by atoms with Gasteiger partial charge < -0.3 is 5.32 Å². The van der Waals surface area contributed by atoms with Crippen LogP contribution < -0.4 is 5.32 Å². The molecule has 5 heteroatoms. The van der Waals surface area contributed by atoms with E-state index in [-0.39, 0.29) is 0 Å². The summed E-state index contributed by atoms with van der Waals surface area (Å²) in [6.45, 7) is 6.08. The molecule has 3 nitrogen and oxygen atoms in total. The van der Waals surface area contributed by atoms with E-state index in [2.05, 4.69) is 69.3 Å². The van der Waals surface area contributed by atoms with Crippen LogP contribution in [0.2, 0.25) is 0 Å². The van der Waals surface area contributed by atoms with E-state index in [9.17, 15) is 0 Å². The Morgan fingerprint density at radius 2 is 1.90 bits per heavy atom. The largest absolute Gasteiger partial charge is 0.339 e. The normalized spacial score (nSPS) is 11.0. The summed E-state index contributed by atoms with van der Waals surface area (Å²) in [5.74, 6) is 1.64. The summed E-state index contributed by atoms with van der Waals surface area (Å²) in [5, 5.41) is 4.48. The van der Waals surface area contributed by atoms with Gasteiger partial charge in [0.1, 0.15) is 16.5 Å². The Morgan fingerprint density at radius 3 is 2.65 bits per heavy atom. The molecule has 0 bridgehead atoms. The molecule has 0 amide bonds. The van der Waals surface area contributed by atoms with Crippen LogP contribution in [0.4, 0.5) is 11.5 Å². The Balaban J connectivity index is 2.10. The Morgan fingerprint density at radius 1 is 1.10 bits per heavy atom. The number of aromatic nitrogens is 2. The molecule has 2 aromatic heterocycles. The van der Waals surface area contributed by atoms with Crippen LogP contribution in [0.1, 0.15) is 16.3 Å². The van der Waals surface area contributed by atoms with Crippen molar-refractivity contribution < 1.29 is 0 Å². The lowest BCUT2D eigenvalue weighted by atomic mass is 10.2. The van der Waals surface area contributed by atoms with Crippen molar-refractivity contribution in [1.29, 1.82) is 0 Å². The smallest absolute Gasteiger partial charge is 0.142 e. The third-order valence-corrected chi connectivity index (χ3v) is 4.61. The number of hydrogen-bond donors (Lipinski definition) is 1. The van der Waals surface area contributed by atoms with Crippen molar-refractivity contribution >= 4 is 49.0 Å². The summed E-state index contributed by atoms with van der Waals surface area (Å²) in [6, 6.07) is 8.36. The van der Waals surface area contributed by atoms with Crippen molar-refractivity contribution in [1.82, 2.24) is 9.97 Å². The van der Waals surface area contributed by atoms with Crippen LogP contribution in [0.3, 0.4) is 0 Å². The van der Waals surface area contributed by atoms with Crippen LogP contribution in [0, 0.1) is 20.8 Å². The Bertz CT molecular complexity index is 795. The first-order chi connectivity index (χ1) is 9.52. The second-order valence-electron chi connectivity index (χ2n) is 4.80. The summed E-state index contributed by atoms with van der Waals surface area (Å²) < 4.78 is 1.04. The summed E-state index contributed by atoms with van der Waals surface area (Å²) in [5.41, 5.74) is 2.23. The second kappa shape index (κ2) is 5.14. The van der Waals surface area contributed by atoms with Crippen LogP contribution in [0.15, 0.2) is 28.7 Å². The van der Waals surface area contributed by atoms with Gasteiger partial charge in [0.05, 0.1) is 11.1 Å². The lowest BCUT2D eigenvalue weighted by Crippen LogP contribution is -1.98.